The van der Waals surface area contributed by atoms with Crippen LogP contribution in [0.25, 0.3) is 0 Å². The SMILES string of the molecule is Cc1ccc(NC(=O)COC(=O)c2ccc(N3C(=O)CCC3=O)cc2)cc1Cl. The zero-order chi connectivity index (χ0) is 20.3. The van der Waals surface area contributed by atoms with E-state index in [-0.39, 0.29) is 30.2 Å². The van der Waals surface area contributed by atoms with Crippen molar-refractivity contribution in [2.75, 3.05) is 16.8 Å². The van der Waals surface area contributed by atoms with E-state index in [0.717, 1.165) is 10.5 Å². The highest BCUT2D eigenvalue weighted by Gasteiger charge is 2.30. The summed E-state index contributed by atoms with van der Waals surface area (Å²) < 4.78 is 4.99. The number of carbonyl (C=O) groups is 4. The van der Waals surface area contributed by atoms with E-state index in [1.54, 1.807) is 18.2 Å². The molecule has 0 spiro atoms. The van der Waals surface area contributed by atoms with Crippen LogP contribution in [0, 0.1) is 6.92 Å². The summed E-state index contributed by atoms with van der Waals surface area (Å²) in [4.78, 5) is 48.6. The van der Waals surface area contributed by atoms with Crippen LogP contribution >= 0.6 is 11.6 Å². The predicted molar refractivity (Wildman–Crippen MR) is 103 cm³/mol. The van der Waals surface area contributed by atoms with Gasteiger partial charge in [-0.25, -0.2) is 4.79 Å². The molecular weight excluding hydrogens is 384 g/mol. The molecule has 28 heavy (non-hydrogen) atoms. The van der Waals surface area contributed by atoms with Gasteiger partial charge < -0.3 is 10.1 Å². The number of nitrogens with zero attached hydrogens (tertiary/aromatic N) is 1. The van der Waals surface area contributed by atoms with E-state index in [0.29, 0.717) is 16.4 Å². The number of hydrogen-bond acceptors (Lipinski definition) is 5. The minimum absolute atomic E-state index is 0.184. The van der Waals surface area contributed by atoms with Crippen LogP contribution in [0.2, 0.25) is 5.02 Å². The lowest BCUT2D eigenvalue weighted by Gasteiger charge is -2.14. The van der Waals surface area contributed by atoms with Crippen LogP contribution < -0.4 is 10.2 Å². The van der Waals surface area contributed by atoms with Crippen molar-refractivity contribution in [3.05, 3.63) is 58.6 Å². The van der Waals surface area contributed by atoms with Gasteiger partial charge in [-0.1, -0.05) is 17.7 Å². The van der Waals surface area contributed by atoms with Crippen molar-refractivity contribution in [3.63, 3.8) is 0 Å². The topological polar surface area (TPSA) is 92.8 Å². The second kappa shape index (κ2) is 8.22. The first-order chi connectivity index (χ1) is 13.3. The van der Waals surface area contributed by atoms with Crippen LogP contribution in [-0.4, -0.2) is 30.3 Å². The summed E-state index contributed by atoms with van der Waals surface area (Å²) in [5.74, 6) is -1.73. The zero-order valence-corrected chi connectivity index (χ0v) is 15.8. The third-order valence-corrected chi connectivity index (χ3v) is 4.61. The first kappa shape index (κ1) is 19.6. The van der Waals surface area contributed by atoms with E-state index in [4.69, 9.17) is 16.3 Å². The predicted octanol–water partition coefficient (Wildman–Crippen LogP) is 3.10. The standard InChI is InChI=1S/C20H17ClN2O5/c1-12-2-5-14(10-16(12)21)22-17(24)11-28-20(27)13-3-6-15(7-4-13)23-18(25)8-9-19(23)26/h2-7,10H,8-9,11H2,1H3,(H,22,24). The van der Waals surface area contributed by atoms with Gasteiger partial charge in [-0.05, 0) is 48.9 Å². The molecule has 3 amide bonds. The molecule has 2 aromatic rings. The fraction of sp³-hybridized carbons (Fsp3) is 0.200. The van der Waals surface area contributed by atoms with Crippen molar-refractivity contribution < 1.29 is 23.9 Å². The van der Waals surface area contributed by atoms with Gasteiger partial charge >= 0.3 is 5.97 Å². The third-order valence-electron chi connectivity index (χ3n) is 4.20. The summed E-state index contributed by atoms with van der Waals surface area (Å²) >= 11 is 6.00. The molecule has 1 fully saturated rings. The number of aryl methyl sites for hydroxylation is 1. The molecule has 0 aromatic heterocycles. The molecule has 8 heteroatoms. The van der Waals surface area contributed by atoms with Gasteiger partial charge in [-0.3, -0.25) is 19.3 Å². The highest BCUT2D eigenvalue weighted by Crippen LogP contribution is 2.23. The van der Waals surface area contributed by atoms with Crippen LogP contribution in [-0.2, 0) is 19.1 Å². The van der Waals surface area contributed by atoms with Crippen LogP contribution in [0.3, 0.4) is 0 Å². The first-order valence-electron chi connectivity index (χ1n) is 8.54. The van der Waals surface area contributed by atoms with Gasteiger partial charge in [0.05, 0.1) is 11.3 Å². The summed E-state index contributed by atoms with van der Waals surface area (Å²) in [6.45, 7) is 1.38. The quantitative estimate of drug-likeness (QED) is 0.615. The average molecular weight is 401 g/mol. The van der Waals surface area contributed by atoms with Crippen LogP contribution in [0.15, 0.2) is 42.5 Å². The van der Waals surface area contributed by atoms with Gasteiger partial charge in [0, 0.05) is 23.6 Å². The van der Waals surface area contributed by atoms with Crippen LogP contribution in [0.1, 0.15) is 28.8 Å². The number of hydrogen-bond donors (Lipinski definition) is 1. The zero-order valence-electron chi connectivity index (χ0n) is 15.0. The van der Waals surface area contributed by atoms with Gasteiger partial charge in [0.2, 0.25) is 11.8 Å². The normalized spacial score (nSPS) is 13.6. The molecule has 1 N–H and O–H groups in total. The molecule has 7 nitrogen and oxygen atoms in total. The Morgan fingerprint density at radius 2 is 1.71 bits per heavy atom. The first-order valence-corrected chi connectivity index (χ1v) is 8.92. The Bertz CT molecular complexity index is 940. The molecule has 3 rings (SSSR count). The van der Waals surface area contributed by atoms with Crippen LogP contribution in [0.4, 0.5) is 11.4 Å². The third kappa shape index (κ3) is 4.37. The van der Waals surface area contributed by atoms with Crippen LogP contribution in [0.5, 0.6) is 0 Å². The van der Waals surface area contributed by atoms with Gasteiger partial charge in [0.15, 0.2) is 6.61 Å². The Morgan fingerprint density at radius 3 is 2.32 bits per heavy atom. The molecule has 0 bridgehead atoms. The molecule has 1 aliphatic rings. The number of benzene rings is 2. The number of rotatable bonds is 5. The van der Waals surface area contributed by atoms with Gasteiger partial charge in [0.1, 0.15) is 0 Å². The van der Waals surface area contributed by atoms with Gasteiger partial charge in [-0.2, -0.15) is 0 Å². The molecule has 1 saturated heterocycles. The molecule has 2 aromatic carbocycles. The second-order valence-corrected chi connectivity index (χ2v) is 6.67. The number of amides is 3. The molecule has 0 unspecified atom stereocenters. The maximum absolute atomic E-state index is 12.1. The lowest BCUT2D eigenvalue weighted by molar-refractivity contribution is -0.121. The molecule has 1 heterocycles. The lowest BCUT2D eigenvalue weighted by Crippen LogP contribution is -2.28. The maximum atomic E-state index is 12.1. The number of esters is 1. The fourth-order valence-electron chi connectivity index (χ4n) is 2.69. The minimum Gasteiger partial charge on any atom is -0.452 e. The lowest BCUT2D eigenvalue weighted by atomic mass is 10.2. The van der Waals surface area contributed by atoms with E-state index in [2.05, 4.69) is 5.32 Å². The molecule has 0 atom stereocenters. The van der Waals surface area contributed by atoms with E-state index in [1.165, 1.54) is 24.3 Å². The average Bonchev–Trinajstić information content (AvgIpc) is 3.01. The Balaban J connectivity index is 1.55. The number of ether oxygens (including phenoxy) is 1. The summed E-state index contributed by atoms with van der Waals surface area (Å²) in [6.07, 6.45) is 0.369. The second-order valence-electron chi connectivity index (χ2n) is 6.26. The van der Waals surface area contributed by atoms with E-state index < -0.39 is 18.5 Å². The van der Waals surface area contributed by atoms with E-state index >= 15 is 0 Å². The van der Waals surface area contributed by atoms with Crippen molar-refractivity contribution >= 4 is 46.7 Å². The Kier molecular flexibility index (Phi) is 5.75. The largest absolute Gasteiger partial charge is 0.452 e. The molecular formula is C20H17ClN2O5. The van der Waals surface area contributed by atoms with Crippen molar-refractivity contribution in [1.82, 2.24) is 0 Å². The summed E-state index contributed by atoms with van der Waals surface area (Å²) in [6, 6.07) is 10.9. The molecule has 0 aliphatic carbocycles. The number of halogens is 1. The molecule has 1 aliphatic heterocycles. The molecule has 144 valence electrons. The Hall–Kier alpha value is -3.19. The van der Waals surface area contributed by atoms with E-state index in [9.17, 15) is 19.2 Å². The van der Waals surface area contributed by atoms with E-state index in [1.807, 2.05) is 6.92 Å². The van der Waals surface area contributed by atoms with Crippen molar-refractivity contribution in [2.24, 2.45) is 0 Å². The number of carbonyl (C=O) groups excluding carboxylic acids is 4. The number of imide groups is 1. The van der Waals surface area contributed by atoms with Gasteiger partial charge in [-0.15, -0.1) is 0 Å². The smallest absolute Gasteiger partial charge is 0.338 e. The monoisotopic (exact) mass is 400 g/mol. The van der Waals surface area contributed by atoms with Crippen molar-refractivity contribution in [2.45, 2.75) is 19.8 Å². The highest BCUT2D eigenvalue weighted by atomic mass is 35.5. The van der Waals surface area contributed by atoms with Crippen molar-refractivity contribution in [3.8, 4) is 0 Å². The molecule has 0 radical (unpaired) electrons. The van der Waals surface area contributed by atoms with Crippen molar-refractivity contribution in [1.29, 1.82) is 0 Å². The highest BCUT2D eigenvalue weighted by molar-refractivity contribution is 6.31. The minimum atomic E-state index is -0.692. The number of nitrogens with one attached hydrogen (secondary N) is 1. The fourth-order valence-corrected chi connectivity index (χ4v) is 2.87. The Labute approximate surface area is 166 Å². The van der Waals surface area contributed by atoms with Gasteiger partial charge in [0.25, 0.3) is 5.91 Å². The Morgan fingerprint density at radius 1 is 1.07 bits per heavy atom. The summed E-state index contributed by atoms with van der Waals surface area (Å²) in [5, 5.41) is 3.11. The molecule has 0 saturated carbocycles. The summed E-state index contributed by atoms with van der Waals surface area (Å²) in [7, 11) is 0. The maximum Gasteiger partial charge on any atom is 0.338 e. The number of anilines is 2. The summed E-state index contributed by atoms with van der Waals surface area (Å²) in [5.41, 5.74) is 1.99.